The highest BCUT2D eigenvalue weighted by molar-refractivity contribution is 7.98. The Morgan fingerprint density at radius 3 is 2.90 bits per heavy atom. The van der Waals surface area contributed by atoms with Crippen molar-refractivity contribution in [1.29, 1.82) is 0 Å². The molecule has 3 nitrogen and oxygen atoms in total. The average molecular weight is 327 g/mol. The van der Waals surface area contributed by atoms with Crippen molar-refractivity contribution in [2.45, 2.75) is 38.6 Å². The number of nitrogens with zero attached hydrogens (tertiary/aromatic N) is 2. The molecule has 0 aliphatic carbocycles. The first kappa shape index (κ1) is 16.5. The summed E-state index contributed by atoms with van der Waals surface area (Å²) in [6, 6.07) is 6.12. The van der Waals surface area contributed by atoms with E-state index in [-0.39, 0.29) is 0 Å². The average Bonchev–Trinajstić information content (AvgIpc) is 2.88. The highest BCUT2D eigenvalue weighted by Gasteiger charge is 2.13. The van der Waals surface area contributed by atoms with Crippen molar-refractivity contribution in [2.75, 3.05) is 18.6 Å². The van der Waals surface area contributed by atoms with Crippen LogP contribution in [0.5, 0.6) is 5.75 Å². The molecule has 116 valence electrons. The largest absolute Gasteiger partial charge is 0.491 e. The highest BCUT2D eigenvalue weighted by atomic mass is 35.5. The second-order valence-electron chi connectivity index (χ2n) is 4.99. The normalized spacial score (nSPS) is 11.2. The molecule has 0 aliphatic heterocycles. The molecular formula is C16H23ClN2OS. The van der Waals surface area contributed by atoms with Crippen molar-refractivity contribution in [2.24, 2.45) is 0 Å². The van der Waals surface area contributed by atoms with Crippen molar-refractivity contribution < 1.29 is 4.74 Å². The van der Waals surface area contributed by atoms with Gasteiger partial charge in [-0.05, 0) is 43.4 Å². The summed E-state index contributed by atoms with van der Waals surface area (Å²) in [4.78, 5) is 4.68. The zero-order valence-corrected chi connectivity index (χ0v) is 14.3. The zero-order valence-electron chi connectivity index (χ0n) is 12.8. The molecule has 0 aliphatic rings. The predicted octanol–water partition coefficient (Wildman–Crippen LogP) is 4.71. The summed E-state index contributed by atoms with van der Waals surface area (Å²) in [7, 11) is 0. The van der Waals surface area contributed by atoms with E-state index in [0.717, 1.165) is 48.6 Å². The van der Waals surface area contributed by atoms with Crippen LogP contribution in [0.15, 0.2) is 18.2 Å². The molecule has 1 aromatic carbocycles. The van der Waals surface area contributed by atoms with Crippen LogP contribution in [-0.4, -0.2) is 28.2 Å². The smallest absolute Gasteiger partial charge is 0.147 e. The second kappa shape index (κ2) is 8.54. The molecule has 21 heavy (non-hydrogen) atoms. The first-order valence-corrected chi connectivity index (χ1v) is 9.40. The van der Waals surface area contributed by atoms with Gasteiger partial charge in [-0.1, -0.05) is 13.0 Å². The Bertz CT molecular complexity index is 571. The van der Waals surface area contributed by atoms with Gasteiger partial charge in [-0.3, -0.25) is 0 Å². The Morgan fingerprint density at radius 1 is 1.33 bits per heavy atom. The Morgan fingerprint density at radius 2 is 2.19 bits per heavy atom. The maximum atomic E-state index is 6.07. The fourth-order valence-electron chi connectivity index (χ4n) is 2.37. The van der Waals surface area contributed by atoms with E-state index in [1.54, 1.807) is 0 Å². The molecule has 0 atom stereocenters. The van der Waals surface area contributed by atoms with Crippen molar-refractivity contribution >= 4 is 34.4 Å². The highest BCUT2D eigenvalue weighted by Crippen LogP contribution is 2.27. The second-order valence-corrected chi connectivity index (χ2v) is 6.24. The summed E-state index contributed by atoms with van der Waals surface area (Å²) in [5, 5.41) is 0. The van der Waals surface area contributed by atoms with Crippen LogP contribution in [0.1, 0.15) is 32.0 Å². The van der Waals surface area contributed by atoms with E-state index in [9.17, 15) is 0 Å². The quantitative estimate of drug-likeness (QED) is 0.493. The Hall–Kier alpha value is -0.870. The molecule has 1 aromatic heterocycles. The number of para-hydroxylation sites is 1. The first-order chi connectivity index (χ1) is 10.3. The van der Waals surface area contributed by atoms with Gasteiger partial charge in [0, 0.05) is 6.54 Å². The molecule has 0 saturated heterocycles. The van der Waals surface area contributed by atoms with Gasteiger partial charge in [-0.2, -0.15) is 11.8 Å². The number of benzene rings is 1. The van der Waals surface area contributed by atoms with Crippen LogP contribution in [0.2, 0.25) is 0 Å². The summed E-state index contributed by atoms with van der Waals surface area (Å²) in [6.45, 7) is 3.79. The number of thioether (sulfide) groups is 1. The van der Waals surface area contributed by atoms with E-state index in [1.807, 2.05) is 23.9 Å². The number of alkyl halides is 1. The van der Waals surface area contributed by atoms with Crippen molar-refractivity contribution in [3.05, 3.63) is 24.0 Å². The minimum atomic E-state index is 0.435. The molecule has 5 heteroatoms. The molecule has 0 fully saturated rings. The van der Waals surface area contributed by atoms with Crippen LogP contribution in [0, 0.1) is 0 Å². The van der Waals surface area contributed by atoms with Crippen LogP contribution < -0.4 is 4.74 Å². The number of imidazole rings is 1. The summed E-state index contributed by atoms with van der Waals surface area (Å²) in [5.41, 5.74) is 2.06. The Balaban J connectivity index is 2.26. The van der Waals surface area contributed by atoms with Crippen molar-refractivity contribution in [3.8, 4) is 5.75 Å². The van der Waals surface area contributed by atoms with Gasteiger partial charge in [0.2, 0.25) is 0 Å². The molecule has 2 aromatic rings. The summed E-state index contributed by atoms with van der Waals surface area (Å²) in [5.74, 6) is 3.44. The maximum absolute atomic E-state index is 6.07. The summed E-state index contributed by atoms with van der Waals surface area (Å²) < 4.78 is 8.04. The van der Waals surface area contributed by atoms with Crippen LogP contribution in [-0.2, 0) is 12.4 Å². The van der Waals surface area contributed by atoms with Gasteiger partial charge in [0.05, 0.1) is 18.0 Å². The number of halogens is 1. The third-order valence-electron chi connectivity index (χ3n) is 3.38. The molecular weight excluding hydrogens is 304 g/mol. The lowest BCUT2D eigenvalue weighted by Gasteiger charge is -2.08. The minimum Gasteiger partial charge on any atom is -0.491 e. The molecule has 0 saturated carbocycles. The fourth-order valence-corrected chi connectivity index (χ4v) is 3.06. The van der Waals surface area contributed by atoms with Gasteiger partial charge in [0.1, 0.15) is 17.1 Å². The van der Waals surface area contributed by atoms with Crippen molar-refractivity contribution in [1.82, 2.24) is 9.55 Å². The molecule has 0 radical (unpaired) electrons. The summed E-state index contributed by atoms with van der Waals surface area (Å²) >= 11 is 7.97. The SMILES string of the molecule is CCCOc1cccc2c1nc(CCl)n2CCCCSC. The lowest BCUT2D eigenvalue weighted by Crippen LogP contribution is -2.03. The zero-order chi connectivity index (χ0) is 15.1. The van der Waals surface area contributed by atoms with Crippen LogP contribution in [0.25, 0.3) is 11.0 Å². The van der Waals surface area contributed by atoms with Gasteiger partial charge in [0.15, 0.2) is 0 Å². The van der Waals surface area contributed by atoms with Crippen LogP contribution in [0.3, 0.4) is 0 Å². The predicted molar refractivity (Wildman–Crippen MR) is 92.7 cm³/mol. The van der Waals surface area contributed by atoms with E-state index in [2.05, 4.69) is 28.8 Å². The number of ether oxygens (including phenoxy) is 1. The summed E-state index contributed by atoms with van der Waals surface area (Å²) in [6.07, 6.45) is 5.51. The number of rotatable bonds is 9. The lowest BCUT2D eigenvalue weighted by atomic mass is 10.2. The van der Waals surface area contributed by atoms with E-state index in [4.69, 9.17) is 16.3 Å². The van der Waals surface area contributed by atoms with Gasteiger partial charge in [-0.15, -0.1) is 11.6 Å². The van der Waals surface area contributed by atoms with E-state index in [1.165, 1.54) is 12.2 Å². The Kier molecular flexibility index (Phi) is 6.71. The maximum Gasteiger partial charge on any atom is 0.147 e. The monoisotopic (exact) mass is 326 g/mol. The standard InChI is InChI=1S/C16H23ClN2OS/c1-3-10-20-14-8-6-7-13-16(14)18-15(12-17)19(13)9-4-5-11-21-2/h6-8H,3-5,9-12H2,1-2H3. The topological polar surface area (TPSA) is 27.1 Å². The van der Waals surface area contributed by atoms with Crippen LogP contribution in [0.4, 0.5) is 0 Å². The first-order valence-electron chi connectivity index (χ1n) is 7.47. The van der Waals surface area contributed by atoms with Gasteiger partial charge >= 0.3 is 0 Å². The molecule has 1 heterocycles. The molecule has 0 N–H and O–H groups in total. The third-order valence-corrected chi connectivity index (χ3v) is 4.32. The number of aromatic nitrogens is 2. The minimum absolute atomic E-state index is 0.435. The molecule has 0 spiro atoms. The third kappa shape index (κ3) is 4.07. The van der Waals surface area contributed by atoms with Gasteiger partial charge in [-0.25, -0.2) is 4.98 Å². The Labute approximate surface area is 136 Å². The number of aryl methyl sites for hydroxylation is 1. The van der Waals surface area contributed by atoms with E-state index < -0.39 is 0 Å². The molecule has 0 amide bonds. The number of fused-ring (bicyclic) bond motifs is 1. The number of hydrogen-bond acceptors (Lipinski definition) is 3. The van der Waals surface area contributed by atoms with E-state index >= 15 is 0 Å². The van der Waals surface area contributed by atoms with E-state index in [0.29, 0.717) is 5.88 Å². The number of hydrogen-bond donors (Lipinski definition) is 0. The van der Waals surface area contributed by atoms with Gasteiger partial charge in [0.25, 0.3) is 0 Å². The molecule has 0 unspecified atom stereocenters. The molecule has 2 rings (SSSR count). The van der Waals surface area contributed by atoms with Gasteiger partial charge < -0.3 is 9.30 Å². The number of unbranched alkanes of at least 4 members (excludes halogenated alkanes) is 1. The lowest BCUT2D eigenvalue weighted by molar-refractivity contribution is 0.320. The van der Waals surface area contributed by atoms with Crippen LogP contribution >= 0.6 is 23.4 Å². The molecule has 0 bridgehead atoms. The van der Waals surface area contributed by atoms with Crippen molar-refractivity contribution in [3.63, 3.8) is 0 Å². The fraction of sp³-hybridized carbons (Fsp3) is 0.562.